The molecule has 0 aliphatic carbocycles. The minimum atomic E-state index is -6.00. The van der Waals surface area contributed by atoms with Crippen LogP contribution in [0.15, 0.2) is 54.6 Å². The molecule has 1 unspecified atom stereocenters. The summed E-state index contributed by atoms with van der Waals surface area (Å²) in [6.07, 6.45) is 3.03. The van der Waals surface area contributed by atoms with Gasteiger partial charge in [0, 0.05) is 17.0 Å². The molecule has 0 saturated carbocycles. The molecule has 3 aromatic rings. The Morgan fingerprint density at radius 3 is 2.14 bits per heavy atom. The first-order valence-corrected chi connectivity index (χ1v) is 9.81. The predicted octanol–water partition coefficient (Wildman–Crippen LogP) is 8.37. The molecule has 152 valence electrons. The van der Waals surface area contributed by atoms with Gasteiger partial charge in [-0.3, -0.25) is 0 Å². The lowest BCUT2D eigenvalue weighted by molar-refractivity contribution is -0.0864. The molecule has 0 fully saturated rings. The maximum Gasteiger partial charge on any atom is 0.673 e. The molecule has 3 rings (SSSR count). The second kappa shape index (κ2) is 8.98. The van der Waals surface area contributed by atoms with Crippen LogP contribution in [0.25, 0.3) is 20.5 Å². The van der Waals surface area contributed by atoms with E-state index < -0.39 is 23.2 Å². The lowest BCUT2D eigenvalue weighted by Crippen LogP contribution is -2.02. The molecular weight excluding hydrogens is 404 g/mol. The molecule has 9 heteroatoms. The van der Waals surface area contributed by atoms with Gasteiger partial charge < -0.3 is 17.3 Å². The number of thiophene rings is 1. The Kier molecular flexibility index (Phi) is 7.14. The Morgan fingerprint density at radius 1 is 0.893 bits per heavy atom. The standard InChI is InChI=1S/C19H18F3S.BF4/c1-2-3-7-14-8-6-10-15(12-14)18-13-16-9-4-5-11-17(16)23(18)19(20,21)22;2-1(3,4)5/h4-6,8-13H,2-3,7H2,1H3;/q+1;-1. The smallest absolute Gasteiger partial charge is 0.418 e. The van der Waals surface area contributed by atoms with Crippen molar-refractivity contribution in [1.82, 2.24) is 0 Å². The van der Waals surface area contributed by atoms with Gasteiger partial charge in [-0.25, -0.2) is 0 Å². The third kappa shape index (κ3) is 6.26. The van der Waals surface area contributed by atoms with Gasteiger partial charge in [0.25, 0.3) is 0 Å². The van der Waals surface area contributed by atoms with Gasteiger partial charge in [0.1, 0.15) is 10.5 Å². The fraction of sp³-hybridized carbons (Fsp3) is 0.263. The molecule has 0 aliphatic heterocycles. The zero-order chi connectivity index (χ0) is 20.9. The molecule has 1 aromatic heterocycles. The van der Waals surface area contributed by atoms with Crippen LogP contribution >= 0.6 is 10.5 Å². The van der Waals surface area contributed by atoms with Gasteiger partial charge in [-0.15, -0.1) is 13.2 Å². The van der Waals surface area contributed by atoms with Crippen molar-refractivity contribution in [3.05, 3.63) is 60.2 Å². The summed E-state index contributed by atoms with van der Waals surface area (Å²) in [5, 5.41) is 0.683. The Bertz CT molecular complexity index is 907. The molecule has 0 aliphatic rings. The van der Waals surface area contributed by atoms with Crippen molar-refractivity contribution in [2.24, 2.45) is 0 Å². The van der Waals surface area contributed by atoms with Crippen LogP contribution < -0.4 is 0 Å². The first-order valence-electron chi connectivity index (χ1n) is 8.59. The molecule has 0 bridgehead atoms. The Balaban J connectivity index is 0.000000500. The predicted molar refractivity (Wildman–Crippen MR) is 102 cm³/mol. The Hall–Kier alpha value is -2.03. The third-order valence-electron chi connectivity index (χ3n) is 3.91. The number of unbranched alkanes of at least 4 members (excludes halogenated alkanes) is 1. The van der Waals surface area contributed by atoms with E-state index in [4.69, 9.17) is 0 Å². The number of aryl methyl sites for hydroxylation is 1. The number of fused-ring (bicyclic) bond motifs is 1. The maximum absolute atomic E-state index is 13.6. The van der Waals surface area contributed by atoms with Crippen LogP contribution in [0, 0.1) is 0 Å². The average Bonchev–Trinajstić information content (AvgIpc) is 2.98. The molecule has 2 aromatic carbocycles. The quantitative estimate of drug-likeness (QED) is 0.225. The summed E-state index contributed by atoms with van der Waals surface area (Å²) < 4.78 is 80.3. The van der Waals surface area contributed by atoms with Crippen LogP contribution in [0.2, 0.25) is 0 Å². The molecule has 0 nitrogen and oxygen atoms in total. The minimum absolute atomic E-state index is 0.383. The summed E-state index contributed by atoms with van der Waals surface area (Å²) in [6, 6.07) is 16.1. The van der Waals surface area contributed by atoms with Crippen molar-refractivity contribution in [2.75, 3.05) is 0 Å². The second-order valence-corrected chi connectivity index (χ2v) is 8.05. The van der Waals surface area contributed by atoms with Crippen molar-refractivity contribution in [2.45, 2.75) is 31.7 Å². The zero-order valence-electron chi connectivity index (χ0n) is 14.9. The third-order valence-corrected chi connectivity index (χ3v) is 5.98. The Labute approximate surface area is 161 Å². The second-order valence-electron chi connectivity index (χ2n) is 6.10. The van der Waals surface area contributed by atoms with Crippen LogP contribution in [-0.4, -0.2) is 7.25 Å². The highest BCUT2D eigenvalue weighted by Crippen LogP contribution is 2.54. The number of halogens is 7. The molecule has 0 N–H and O–H groups in total. The normalized spacial score (nSPS) is 12.6. The molecule has 1 heterocycles. The maximum atomic E-state index is 13.6. The van der Waals surface area contributed by atoms with E-state index in [1.54, 1.807) is 36.4 Å². The van der Waals surface area contributed by atoms with E-state index in [2.05, 4.69) is 6.92 Å². The highest BCUT2D eigenvalue weighted by atomic mass is 32.2. The van der Waals surface area contributed by atoms with Crippen LogP contribution in [0.3, 0.4) is 0 Å². The first kappa shape index (κ1) is 22.3. The SMILES string of the molecule is CCCCc1cccc(-c2cc3ccccc3[s+]2C(F)(F)F)c1.F[B-](F)(F)F. The van der Waals surface area contributed by atoms with Gasteiger partial charge in [0.15, 0.2) is 9.58 Å². The molecule has 0 saturated heterocycles. The minimum Gasteiger partial charge on any atom is -0.418 e. The summed E-state index contributed by atoms with van der Waals surface area (Å²) in [5.41, 5.74) is -2.46. The fourth-order valence-electron chi connectivity index (χ4n) is 2.82. The molecular formula is C19H18BF7S. The van der Waals surface area contributed by atoms with Crippen molar-refractivity contribution in [1.29, 1.82) is 0 Å². The molecule has 0 amide bonds. The van der Waals surface area contributed by atoms with E-state index >= 15 is 0 Å². The number of hydrogen-bond acceptors (Lipinski definition) is 0. The molecule has 0 radical (unpaired) electrons. The summed E-state index contributed by atoms with van der Waals surface area (Å²) >= 11 is 0. The van der Waals surface area contributed by atoms with E-state index in [1.165, 1.54) is 0 Å². The van der Waals surface area contributed by atoms with Crippen molar-refractivity contribution >= 4 is 27.8 Å². The number of alkyl halides is 3. The summed E-state index contributed by atoms with van der Waals surface area (Å²) in [4.78, 5) is 0.386. The van der Waals surface area contributed by atoms with E-state index in [0.29, 0.717) is 20.5 Å². The van der Waals surface area contributed by atoms with Gasteiger partial charge in [-0.05, 0) is 42.7 Å². The number of hydrogen-bond donors (Lipinski definition) is 0. The summed E-state index contributed by atoms with van der Waals surface area (Å²) in [6.45, 7) is 2.11. The zero-order valence-corrected chi connectivity index (χ0v) is 15.8. The summed E-state index contributed by atoms with van der Waals surface area (Å²) in [7, 11) is -7.86. The van der Waals surface area contributed by atoms with Gasteiger partial charge >= 0.3 is 12.8 Å². The largest absolute Gasteiger partial charge is 0.673 e. The fourth-order valence-corrected chi connectivity index (χ4v) is 4.74. The topological polar surface area (TPSA) is 0 Å². The van der Waals surface area contributed by atoms with E-state index in [1.807, 2.05) is 18.2 Å². The van der Waals surface area contributed by atoms with E-state index in [0.717, 1.165) is 24.8 Å². The number of rotatable bonds is 4. The van der Waals surface area contributed by atoms with Crippen LogP contribution in [0.5, 0.6) is 0 Å². The van der Waals surface area contributed by atoms with Gasteiger partial charge in [-0.2, -0.15) is 0 Å². The lowest BCUT2D eigenvalue weighted by atomic mass is 10.0. The number of benzene rings is 2. The van der Waals surface area contributed by atoms with Gasteiger partial charge in [0.2, 0.25) is 0 Å². The van der Waals surface area contributed by atoms with Gasteiger partial charge in [-0.1, -0.05) is 37.6 Å². The monoisotopic (exact) mass is 422 g/mol. The van der Waals surface area contributed by atoms with Crippen molar-refractivity contribution in [3.63, 3.8) is 0 Å². The van der Waals surface area contributed by atoms with Crippen molar-refractivity contribution in [3.8, 4) is 10.4 Å². The van der Waals surface area contributed by atoms with Gasteiger partial charge in [0.05, 0.1) is 0 Å². The van der Waals surface area contributed by atoms with Crippen LogP contribution in [-0.2, 0) is 11.9 Å². The van der Waals surface area contributed by atoms with Crippen molar-refractivity contribution < 1.29 is 30.4 Å². The lowest BCUT2D eigenvalue weighted by Gasteiger charge is -2.04. The van der Waals surface area contributed by atoms with Crippen LogP contribution in [0.4, 0.5) is 30.4 Å². The van der Waals surface area contributed by atoms with E-state index in [-0.39, 0.29) is 0 Å². The summed E-state index contributed by atoms with van der Waals surface area (Å²) in [5.74, 6) is 0. The van der Waals surface area contributed by atoms with Crippen LogP contribution in [0.1, 0.15) is 25.3 Å². The highest BCUT2D eigenvalue weighted by Gasteiger charge is 2.48. The molecule has 28 heavy (non-hydrogen) atoms. The molecule has 0 spiro atoms. The van der Waals surface area contributed by atoms with E-state index in [9.17, 15) is 30.4 Å². The molecule has 1 atom stereocenters. The highest BCUT2D eigenvalue weighted by molar-refractivity contribution is 7.41. The Morgan fingerprint density at radius 2 is 1.54 bits per heavy atom. The first-order chi connectivity index (χ1) is 13.0. The average molecular weight is 422 g/mol.